The number of nitrogens with one attached hydrogen (secondary N) is 1. The SMILES string of the molecule is CNC(C)(C(N)=O)[C@@H](C(=O)N1CCC[C@@H]1c1cccc(S(=O)(=O)c2ccccc2)c1)C1CCCCC1. The molecular weight excluding hydrogens is 474 g/mol. The van der Waals surface area contributed by atoms with Gasteiger partial charge in [0.1, 0.15) is 5.54 Å². The van der Waals surface area contributed by atoms with E-state index in [1.807, 2.05) is 11.0 Å². The van der Waals surface area contributed by atoms with E-state index in [1.54, 1.807) is 62.5 Å². The topological polar surface area (TPSA) is 110 Å². The average Bonchev–Trinajstić information content (AvgIpc) is 3.40. The van der Waals surface area contributed by atoms with Gasteiger partial charge in [-0.1, -0.05) is 49.6 Å². The fourth-order valence-electron chi connectivity index (χ4n) is 6.00. The van der Waals surface area contributed by atoms with Gasteiger partial charge in [0.2, 0.25) is 21.7 Å². The molecule has 3 N–H and O–H groups in total. The molecule has 4 rings (SSSR count). The summed E-state index contributed by atoms with van der Waals surface area (Å²) >= 11 is 0. The Balaban J connectivity index is 1.68. The van der Waals surface area contributed by atoms with Gasteiger partial charge in [-0.15, -0.1) is 0 Å². The fraction of sp³-hybridized carbons (Fsp3) is 0.500. The number of hydrogen-bond acceptors (Lipinski definition) is 5. The van der Waals surface area contributed by atoms with Gasteiger partial charge in [0.05, 0.1) is 21.8 Å². The number of amides is 2. The third-order valence-electron chi connectivity index (χ3n) is 8.18. The van der Waals surface area contributed by atoms with Gasteiger partial charge in [0, 0.05) is 6.54 Å². The maximum atomic E-state index is 14.2. The first-order chi connectivity index (χ1) is 17.2. The Labute approximate surface area is 214 Å². The second-order valence-corrected chi connectivity index (χ2v) is 12.2. The highest BCUT2D eigenvalue weighted by Gasteiger charge is 2.50. The molecule has 1 saturated carbocycles. The van der Waals surface area contributed by atoms with E-state index in [9.17, 15) is 18.0 Å². The summed E-state index contributed by atoms with van der Waals surface area (Å²) in [7, 11) is -1.99. The summed E-state index contributed by atoms with van der Waals surface area (Å²) in [5.41, 5.74) is 5.49. The molecule has 0 radical (unpaired) electrons. The van der Waals surface area contributed by atoms with Crippen LogP contribution in [0.3, 0.4) is 0 Å². The number of likely N-dealkylation sites (tertiary alicyclic amines) is 1. The maximum Gasteiger partial charge on any atom is 0.238 e. The minimum atomic E-state index is -3.68. The zero-order valence-electron chi connectivity index (χ0n) is 21.2. The van der Waals surface area contributed by atoms with Crippen LogP contribution in [0, 0.1) is 11.8 Å². The predicted molar refractivity (Wildman–Crippen MR) is 139 cm³/mol. The van der Waals surface area contributed by atoms with Gasteiger partial charge in [0.25, 0.3) is 0 Å². The van der Waals surface area contributed by atoms with Crippen molar-refractivity contribution in [1.29, 1.82) is 0 Å². The second-order valence-electron chi connectivity index (χ2n) is 10.3. The molecule has 1 unspecified atom stereocenters. The van der Waals surface area contributed by atoms with E-state index < -0.39 is 27.2 Å². The second kappa shape index (κ2) is 10.7. The number of sulfone groups is 1. The zero-order chi connectivity index (χ0) is 25.9. The summed E-state index contributed by atoms with van der Waals surface area (Å²) in [6, 6.07) is 15.0. The first-order valence-corrected chi connectivity index (χ1v) is 14.4. The fourth-order valence-corrected chi connectivity index (χ4v) is 7.34. The monoisotopic (exact) mass is 511 g/mol. The number of rotatable bonds is 8. The zero-order valence-corrected chi connectivity index (χ0v) is 22.0. The number of primary amides is 1. The molecule has 2 aromatic rings. The maximum absolute atomic E-state index is 14.2. The number of carbonyl (C=O) groups excluding carboxylic acids is 2. The average molecular weight is 512 g/mol. The predicted octanol–water partition coefficient (Wildman–Crippen LogP) is 3.84. The molecule has 3 atom stereocenters. The minimum absolute atomic E-state index is 0.0715. The molecule has 0 spiro atoms. The molecule has 1 heterocycles. The van der Waals surface area contributed by atoms with Crippen LogP contribution in [0.25, 0.3) is 0 Å². The lowest BCUT2D eigenvalue weighted by atomic mass is 9.69. The van der Waals surface area contributed by atoms with Crippen molar-refractivity contribution in [3.8, 4) is 0 Å². The molecular formula is C28H37N3O4S. The van der Waals surface area contributed by atoms with E-state index in [0.29, 0.717) is 6.54 Å². The molecule has 7 nitrogen and oxygen atoms in total. The van der Waals surface area contributed by atoms with Gasteiger partial charge in [0.15, 0.2) is 0 Å². The first kappa shape index (κ1) is 26.4. The van der Waals surface area contributed by atoms with Crippen LogP contribution in [0.15, 0.2) is 64.4 Å². The van der Waals surface area contributed by atoms with E-state index in [4.69, 9.17) is 5.73 Å². The summed E-state index contributed by atoms with van der Waals surface area (Å²) in [5.74, 6) is -1.10. The molecule has 1 aliphatic carbocycles. The van der Waals surface area contributed by atoms with Crippen LogP contribution >= 0.6 is 0 Å². The summed E-state index contributed by atoms with van der Waals surface area (Å²) < 4.78 is 26.5. The smallest absolute Gasteiger partial charge is 0.238 e. The van der Waals surface area contributed by atoms with Crippen LogP contribution in [0.2, 0.25) is 0 Å². The van der Waals surface area contributed by atoms with E-state index in [1.165, 1.54) is 0 Å². The van der Waals surface area contributed by atoms with Gasteiger partial charge in [-0.3, -0.25) is 9.59 Å². The number of hydrogen-bond donors (Lipinski definition) is 2. The van der Waals surface area contributed by atoms with E-state index in [0.717, 1.165) is 50.5 Å². The van der Waals surface area contributed by atoms with Crippen LogP contribution in [-0.4, -0.2) is 44.3 Å². The summed E-state index contributed by atoms with van der Waals surface area (Å²) in [6.07, 6.45) is 6.56. The van der Waals surface area contributed by atoms with Crippen molar-refractivity contribution in [1.82, 2.24) is 10.2 Å². The molecule has 2 aliphatic rings. The largest absolute Gasteiger partial charge is 0.368 e. The summed E-state index contributed by atoms with van der Waals surface area (Å²) in [4.78, 5) is 29.1. The van der Waals surface area contributed by atoms with E-state index >= 15 is 0 Å². The number of benzene rings is 2. The Hall–Kier alpha value is -2.71. The summed E-state index contributed by atoms with van der Waals surface area (Å²) in [5, 5.41) is 3.08. The number of nitrogens with two attached hydrogens (primary N) is 1. The highest BCUT2D eigenvalue weighted by atomic mass is 32.2. The standard InChI is InChI=1S/C28H37N3O4S/c1-28(30-2,27(29)33)25(20-11-5-3-6-12-20)26(32)31-18-10-17-24(31)21-13-9-16-23(19-21)36(34,35)22-14-7-4-8-15-22/h4,7-9,13-16,19-20,24-25,30H,3,5-6,10-12,17-18H2,1-2H3,(H2,29,33)/t24-,25-,28?/m1/s1. The van der Waals surface area contributed by atoms with Crippen LogP contribution in [0.5, 0.6) is 0 Å². The van der Waals surface area contributed by atoms with Crippen molar-refractivity contribution in [2.45, 2.75) is 73.2 Å². The lowest BCUT2D eigenvalue weighted by Gasteiger charge is -2.43. The molecule has 8 heteroatoms. The van der Waals surface area contributed by atoms with Gasteiger partial charge >= 0.3 is 0 Å². The third-order valence-corrected chi connectivity index (χ3v) is 9.95. The van der Waals surface area contributed by atoms with Gasteiger partial charge in [-0.2, -0.15) is 0 Å². The molecule has 2 fully saturated rings. The van der Waals surface area contributed by atoms with Crippen molar-refractivity contribution in [3.05, 3.63) is 60.2 Å². The molecule has 2 aromatic carbocycles. The Morgan fingerprint density at radius 2 is 1.64 bits per heavy atom. The Morgan fingerprint density at radius 3 is 2.28 bits per heavy atom. The highest BCUT2D eigenvalue weighted by molar-refractivity contribution is 7.91. The van der Waals surface area contributed by atoms with Crippen LogP contribution < -0.4 is 11.1 Å². The lowest BCUT2D eigenvalue weighted by molar-refractivity contribution is -0.147. The van der Waals surface area contributed by atoms with Gasteiger partial charge < -0.3 is 16.0 Å². The van der Waals surface area contributed by atoms with Gasteiger partial charge in [-0.25, -0.2) is 8.42 Å². The molecule has 0 aromatic heterocycles. The lowest BCUT2D eigenvalue weighted by Crippen LogP contribution is -2.63. The minimum Gasteiger partial charge on any atom is -0.368 e. The molecule has 1 saturated heterocycles. The number of carbonyl (C=O) groups is 2. The summed E-state index contributed by atoms with van der Waals surface area (Å²) in [6.45, 7) is 2.31. The van der Waals surface area contributed by atoms with E-state index in [2.05, 4.69) is 5.32 Å². The van der Waals surface area contributed by atoms with Crippen molar-refractivity contribution in [2.24, 2.45) is 17.6 Å². The Bertz CT molecular complexity index is 1190. The Morgan fingerprint density at radius 1 is 0.972 bits per heavy atom. The molecule has 194 valence electrons. The number of nitrogens with zero attached hydrogens (tertiary/aromatic N) is 1. The quantitative estimate of drug-likeness (QED) is 0.560. The molecule has 1 aliphatic heterocycles. The first-order valence-electron chi connectivity index (χ1n) is 12.9. The van der Waals surface area contributed by atoms with Crippen molar-refractivity contribution < 1.29 is 18.0 Å². The van der Waals surface area contributed by atoms with Crippen molar-refractivity contribution in [3.63, 3.8) is 0 Å². The van der Waals surface area contributed by atoms with Crippen LogP contribution in [0.1, 0.15) is 63.5 Å². The molecule has 36 heavy (non-hydrogen) atoms. The third kappa shape index (κ3) is 4.93. The van der Waals surface area contributed by atoms with Crippen LogP contribution in [0.4, 0.5) is 0 Å². The normalized spacial score (nSPS) is 21.6. The van der Waals surface area contributed by atoms with Gasteiger partial charge in [-0.05, 0) is 75.4 Å². The van der Waals surface area contributed by atoms with Crippen LogP contribution in [-0.2, 0) is 19.4 Å². The Kier molecular flexibility index (Phi) is 7.85. The molecule has 2 amide bonds. The molecule has 0 bridgehead atoms. The number of likely N-dealkylation sites (N-methyl/N-ethyl adjacent to an activating group) is 1. The highest BCUT2D eigenvalue weighted by Crippen LogP contribution is 2.41. The van der Waals surface area contributed by atoms with Crippen molar-refractivity contribution in [2.75, 3.05) is 13.6 Å². The van der Waals surface area contributed by atoms with E-state index in [-0.39, 0.29) is 27.7 Å². The van der Waals surface area contributed by atoms with Crippen molar-refractivity contribution >= 4 is 21.7 Å².